The third-order valence-corrected chi connectivity index (χ3v) is 5.01. The summed E-state index contributed by atoms with van der Waals surface area (Å²) in [6, 6.07) is 4.50. The van der Waals surface area contributed by atoms with E-state index in [0.29, 0.717) is 29.3 Å². The number of fused-ring (bicyclic) bond motifs is 1. The van der Waals surface area contributed by atoms with Crippen molar-refractivity contribution in [3.05, 3.63) is 39.9 Å². The minimum absolute atomic E-state index is 0.244. The molecule has 1 aliphatic rings. The molecule has 0 aliphatic carbocycles. The van der Waals surface area contributed by atoms with E-state index in [1.54, 1.807) is 7.11 Å². The highest BCUT2D eigenvalue weighted by atomic mass is 32.1. The van der Waals surface area contributed by atoms with E-state index >= 15 is 0 Å². The van der Waals surface area contributed by atoms with Gasteiger partial charge in [-0.3, -0.25) is 24.6 Å². The average molecular weight is 388 g/mol. The number of nitrogens with one attached hydrogen (secondary N) is 1. The number of amides is 3. The van der Waals surface area contributed by atoms with Gasteiger partial charge in [-0.15, -0.1) is 10.2 Å². The Morgan fingerprint density at radius 1 is 1.22 bits per heavy atom. The van der Waals surface area contributed by atoms with E-state index < -0.39 is 5.91 Å². The van der Waals surface area contributed by atoms with Crippen molar-refractivity contribution in [3.63, 3.8) is 0 Å². The number of anilines is 1. The smallest absolute Gasteiger partial charge is 0.261 e. The highest BCUT2D eigenvalue weighted by Gasteiger charge is 2.35. The molecular formula is C18H20N4O4S. The van der Waals surface area contributed by atoms with E-state index in [2.05, 4.69) is 15.5 Å². The molecule has 2 heterocycles. The van der Waals surface area contributed by atoms with Gasteiger partial charge in [0, 0.05) is 32.2 Å². The number of methoxy groups -OCH3 is 1. The van der Waals surface area contributed by atoms with Gasteiger partial charge in [0.1, 0.15) is 5.01 Å². The Hall–Kier alpha value is -2.65. The van der Waals surface area contributed by atoms with Gasteiger partial charge in [-0.05, 0) is 31.0 Å². The summed E-state index contributed by atoms with van der Waals surface area (Å²) in [6.45, 7) is 2.79. The third kappa shape index (κ3) is 4.04. The van der Waals surface area contributed by atoms with Crippen molar-refractivity contribution in [2.75, 3.05) is 25.6 Å². The molecule has 3 amide bonds. The Bertz CT molecular complexity index is 880. The molecule has 0 radical (unpaired) electrons. The van der Waals surface area contributed by atoms with Crippen LogP contribution in [0.2, 0.25) is 0 Å². The molecule has 0 saturated carbocycles. The molecule has 1 aromatic carbocycles. The fourth-order valence-corrected chi connectivity index (χ4v) is 3.63. The molecule has 8 nitrogen and oxygen atoms in total. The highest BCUT2D eigenvalue weighted by Crippen LogP contribution is 2.25. The predicted molar refractivity (Wildman–Crippen MR) is 100 cm³/mol. The summed E-state index contributed by atoms with van der Waals surface area (Å²) in [5.74, 6) is -1.12. The first-order valence-corrected chi connectivity index (χ1v) is 9.49. The molecular weight excluding hydrogens is 368 g/mol. The summed E-state index contributed by atoms with van der Waals surface area (Å²) in [6.07, 6.45) is 2.32. The van der Waals surface area contributed by atoms with E-state index in [9.17, 15) is 14.4 Å². The number of aryl methyl sites for hydroxylation is 1. The fraction of sp³-hybridized carbons (Fsp3) is 0.389. The molecule has 2 aromatic rings. The van der Waals surface area contributed by atoms with Crippen LogP contribution < -0.4 is 5.32 Å². The number of carbonyl (C=O) groups excluding carboxylic acids is 3. The lowest BCUT2D eigenvalue weighted by atomic mass is 10.1. The summed E-state index contributed by atoms with van der Waals surface area (Å²) in [5, 5.41) is 11.9. The number of rotatable bonds is 8. The molecule has 0 bridgehead atoms. The topological polar surface area (TPSA) is 101 Å². The van der Waals surface area contributed by atoms with Gasteiger partial charge in [0.15, 0.2) is 0 Å². The number of carbonyl (C=O) groups is 3. The fourth-order valence-electron chi connectivity index (χ4n) is 2.79. The summed E-state index contributed by atoms with van der Waals surface area (Å²) >= 11 is 1.32. The molecule has 0 fully saturated rings. The minimum Gasteiger partial charge on any atom is -0.385 e. The van der Waals surface area contributed by atoms with Crippen LogP contribution in [0.1, 0.15) is 55.8 Å². The lowest BCUT2D eigenvalue weighted by molar-refractivity contribution is 0.0638. The third-order valence-electron chi connectivity index (χ3n) is 4.11. The van der Waals surface area contributed by atoms with Crippen molar-refractivity contribution in [1.29, 1.82) is 0 Å². The zero-order valence-electron chi connectivity index (χ0n) is 15.2. The van der Waals surface area contributed by atoms with Gasteiger partial charge in [0.25, 0.3) is 17.7 Å². The van der Waals surface area contributed by atoms with E-state index in [0.717, 1.165) is 17.8 Å². The molecule has 9 heteroatoms. The van der Waals surface area contributed by atoms with Crippen LogP contribution in [0.15, 0.2) is 18.2 Å². The Balaban J connectivity index is 1.73. The maximum atomic E-state index is 12.5. The first-order valence-electron chi connectivity index (χ1n) is 8.68. The lowest BCUT2D eigenvalue weighted by Crippen LogP contribution is -2.31. The van der Waals surface area contributed by atoms with E-state index in [1.807, 2.05) is 6.92 Å². The molecule has 1 N–H and O–H groups in total. The Kier molecular flexibility index (Phi) is 5.92. The normalized spacial score (nSPS) is 13.2. The number of nitrogens with zero attached hydrogens (tertiary/aromatic N) is 3. The van der Waals surface area contributed by atoms with E-state index in [-0.39, 0.29) is 23.9 Å². The van der Waals surface area contributed by atoms with E-state index in [4.69, 9.17) is 4.74 Å². The standard InChI is InChI=1S/C18H20N4O4S/c1-3-5-14-20-21-18(27-14)19-15(23)11-6-7-12-13(10-11)17(25)22(16(12)24)8-4-9-26-2/h6-7,10H,3-5,8-9H2,1-2H3,(H,19,21,23). The van der Waals surface area contributed by atoms with Crippen LogP contribution in [0.5, 0.6) is 0 Å². The zero-order valence-corrected chi connectivity index (χ0v) is 16.0. The average Bonchev–Trinajstić information content (AvgIpc) is 3.19. The van der Waals surface area contributed by atoms with Crippen molar-refractivity contribution < 1.29 is 19.1 Å². The Morgan fingerprint density at radius 3 is 2.74 bits per heavy atom. The SMILES string of the molecule is CCCc1nnc(NC(=O)c2ccc3c(c2)C(=O)N(CCCOC)C3=O)s1. The van der Waals surface area contributed by atoms with Crippen molar-refractivity contribution in [2.24, 2.45) is 0 Å². The molecule has 0 saturated heterocycles. The van der Waals surface area contributed by atoms with Crippen LogP contribution in [0.25, 0.3) is 0 Å². The maximum absolute atomic E-state index is 12.5. The number of hydrogen-bond acceptors (Lipinski definition) is 7. The number of hydrogen-bond donors (Lipinski definition) is 1. The highest BCUT2D eigenvalue weighted by molar-refractivity contribution is 7.15. The summed E-state index contributed by atoms with van der Waals surface area (Å²) < 4.78 is 4.96. The Labute approximate surface area is 160 Å². The Morgan fingerprint density at radius 2 is 2.00 bits per heavy atom. The van der Waals surface area contributed by atoms with Crippen LogP contribution in [0.4, 0.5) is 5.13 Å². The second-order valence-corrected chi connectivity index (χ2v) is 7.14. The molecule has 27 heavy (non-hydrogen) atoms. The van der Waals surface area contributed by atoms with Gasteiger partial charge in [-0.2, -0.15) is 0 Å². The monoisotopic (exact) mass is 388 g/mol. The number of imide groups is 1. The zero-order chi connectivity index (χ0) is 19.4. The van der Waals surface area contributed by atoms with Crippen LogP contribution in [-0.2, 0) is 11.2 Å². The first kappa shape index (κ1) is 19.1. The molecule has 0 atom stereocenters. The molecule has 1 aliphatic heterocycles. The van der Waals surface area contributed by atoms with Crippen LogP contribution in [0.3, 0.4) is 0 Å². The van der Waals surface area contributed by atoms with Gasteiger partial charge in [-0.25, -0.2) is 0 Å². The summed E-state index contributed by atoms with van der Waals surface area (Å²) in [5.41, 5.74) is 0.852. The van der Waals surface area contributed by atoms with Crippen molar-refractivity contribution in [2.45, 2.75) is 26.2 Å². The van der Waals surface area contributed by atoms with Crippen molar-refractivity contribution >= 4 is 34.2 Å². The predicted octanol–water partition coefficient (Wildman–Crippen LogP) is 2.38. The van der Waals surface area contributed by atoms with Gasteiger partial charge < -0.3 is 4.74 Å². The summed E-state index contributed by atoms with van der Waals surface area (Å²) in [7, 11) is 1.57. The van der Waals surface area contributed by atoms with Gasteiger partial charge in [0.05, 0.1) is 11.1 Å². The lowest BCUT2D eigenvalue weighted by Gasteiger charge is -2.12. The van der Waals surface area contributed by atoms with E-state index in [1.165, 1.54) is 34.4 Å². The van der Waals surface area contributed by atoms with Gasteiger partial charge in [0.2, 0.25) is 5.13 Å². The second kappa shape index (κ2) is 8.36. The van der Waals surface area contributed by atoms with Gasteiger partial charge in [-0.1, -0.05) is 18.3 Å². The quantitative estimate of drug-likeness (QED) is 0.550. The molecule has 142 valence electrons. The van der Waals surface area contributed by atoms with Crippen LogP contribution in [-0.4, -0.2) is 53.1 Å². The van der Waals surface area contributed by atoms with Gasteiger partial charge >= 0.3 is 0 Å². The molecule has 1 aromatic heterocycles. The summed E-state index contributed by atoms with van der Waals surface area (Å²) in [4.78, 5) is 38.6. The van der Waals surface area contributed by atoms with Crippen molar-refractivity contribution in [3.8, 4) is 0 Å². The second-order valence-electron chi connectivity index (χ2n) is 6.07. The number of benzene rings is 1. The number of ether oxygens (including phenoxy) is 1. The first-order chi connectivity index (χ1) is 13.0. The maximum Gasteiger partial charge on any atom is 0.261 e. The van der Waals surface area contributed by atoms with Crippen molar-refractivity contribution in [1.82, 2.24) is 15.1 Å². The molecule has 0 spiro atoms. The van der Waals surface area contributed by atoms with Crippen LogP contribution in [0, 0.1) is 0 Å². The minimum atomic E-state index is -0.393. The number of aromatic nitrogens is 2. The largest absolute Gasteiger partial charge is 0.385 e. The molecule has 3 rings (SSSR count). The molecule has 0 unspecified atom stereocenters. The van der Waals surface area contributed by atoms with Crippen LogP contribution >= 0.6 is 11.3 Å².